The number of thioether (sulfide) groups is 1. The Hall–Kier alpha value is -2.12. The van der Waals surface area contributed by atoms with Gasteiger partial charge in [-0.15, -0.1) is 0 Å². The number of nitrogens with zero attached hydrogens (tertiary/aromatic N) is 3. The van der Waals surface area contributed by atoms with Crippen LogP contribution in [0.3, 0.4) is 0 Å². The van der Waals surface area contributed by atoms with E-state index in [1.54, 1.807) is 12.1 Å². The summed E-state index contributed by atoms with van der Waals surface area (Å²) in [6, 6.07) is 7.25. The summed E-state index contributed by atoms with van der Waals surface area (Å²) in [7, 11) is 0. The third kappa shape index (κ3) is 3.68. The van der Waals surface area contributed by atoms with Crippen LogP contribution in [0.4, 0.5) is 0 Å². The molecule has 0 amide bonds. The molecule has 0 bridgehead atoms. The Kier molecular flexibility index (Phi) is 5.01. The molecule has 0 saturated heterocycles. The maximum absolute atomic E-state index is 12.0. The standard InChI is InChI=1S/C16H15ClN4O2S/c1-3-12-9(2)18-16(20-15(12)22)24-8-13-19-14(21-23-13)10-5-4-6-11(17)7-10/h4-7H,3,8H2,1-2H3,(H,18,20,22). The number of hydrogen-bond acceptors (Lipinski definition) is 6. The first-order valence-corrected chi connectivity index (χ1v) is 8.74. The second-order valence-electron chi connectivity index (χ2n) is 5.10. The summed E-state index contributed by atoms with van der Waals surface area (Å²) >= 11 is 7.31. The van der Waals surface area contributed by atoms with Gasteiger partial charge >= 0.3 is 0 Å². The molecule has 2 aromatic heterocycles. The monoisotopic (exact) mass is 362 g/mol. The van der Waals surface area contributed by atoms with Crippen LogP contribution in [-0.2, 0) is 12.2 Å². The first-order chi connectivity index (χ1) is 11.6. The van der Waals surface area contributed by atoms with Crippen LogP contribution in [0.5, 0.6) is 0 Å². The first-order valence-electron chi connectivity index (χ1n) is 7.38. The van der Waals surface area contributed by atoms with Crippen LogP contribution >= 0.6 is 23.4 Å². The Balaban J connectivity index is 1.73. The predicted octanol–water partition coefficient (Wildman–Crippen LogP) is 3.64. The van der Waals surface area contributed by atoms with E-state index >= 15 is 0 Å². The molecule has 0 spiro atoms. The summed E-state index contributed by atoms with van der Waals surface area (Å²) in [6.07, 6.45) is 0.659. The minimum atomic E-state index is -0.0994. The number of hydrogen-bond donors (Lipinski definition) is 1. The normalized spacial score (nSPS) is 11.0. The van der Waals surface area contributed by atoms with Crippen LogP contribution in [0, 0.1) is 6.92 Å². The number of halogens is 1. The largest absolute Gasteiger partial charge is 0.338 e. The van der Waals surface area contributed by atoms with Crippen molar-refractivity contribution >= 4 is 23.4 Å². The van der Waals surface area contributed by atoms with Crippen LogP contribution in [-0.4, -0.2) is 20.1 Å². The summed E-state index contributed by atoms with van der Waals surface area (Å²) in [6.45, 7) is 3.77. The van der Waals surface area contributed by atoms with E-state index < -0.39 is 0 Å². The molecule has 1 aromatic carbocycles. The third-order valence-electron chi connectivity index (χ3n) is 3.44. The maximum atomic E-state index is 12.0. The van der Waals surface area contributed by atoms with E-state index in [1.807, 2.05) is 26.0 Å². The Morgan fingerprint density at radius 1 is 1.33 bits per heavy atom. The van der Waals surface area contributed by atoms with Crippen LogP contribution in [0.25, 0.3) is 11.4 Å². The zero-order chi connectivity index (χ0) is 17.1. The molecule has 24 heavy (non-hydrogen) atoms. The van der Waals surface area contributed by atoms with E-state index in [9.17, 15) is 4.79 Å². The van der Waals surface area contributed by atoms with Gasteiger partial charge in [0.2, 0.25) is 11.7 Å². The number of aryl methyl sites for hydroxylation is 1. The smallest absolute Gasteiger partial charge is 0.254 e. The highest BCUT2D eigenvalue weighted by atomic mass is 35.5. The van der Waals surface area contributed by atoms with Crippen LogP contribution in [0.1, 0.15) is 24.1 Å². The molecule has 0 radical (unpaired) electrons. The van der Waals surface area contributed by atoms with Gasteiger partial charge in [-0.1, -0.05) is 47.6 Å². The summed E-state index contributed by atoms with van der Waals surface area (Å²) in [4.78, 5) is 23.5. The summed E-state index contributed by atoms with van der Waals surface area (Å²) < 4.78 is 5.24. The Morgan fingerprint density at radius 2 is 2.17 bits per heavy atom. The molecule has 3 aromatic rings. The summed E-state index contributed by atoms with van der Waals surface area (Å²) in [5.74, 6) is 1.35. The maximum Gasteiger partial charge on any atom is 0.254 e. The zero-order valence-electron chi connectivity index (χ0n) is 13.2. The van der Waals surface area contributed by atoms with Crippen LogP contribution in [0.15, 0.2) is 38.7 Å². The molecule has 6 nitrogen and oxygen atoms in total. The van der Waals surface area contributed by atoms with Crippen LogP contribution in [0.2, 0.25) is 5.02 Å². The van der Waals surface area contributed by atoms with E-state index in [4.69, 9.17) is 16.1 Å². The second-order valence-corrected chi connectivity index (χ2v) is 6.50. The lowest BCUT2D eigenvalue weighted by atomic mass is 10.2. The van der Waals surface area contributed by atoms with Crippen molar-refractivity contribution in [1.82, 2.24) is 20.1 Å². The topological polar surface area (TPSA) is 84.7 Å². The molecule has 1 N–H and O–H groups in total. The number of nitrogens with one attached hydrogen (secondary N) is 1. The molecule has 3 rings (SSSR count). The Labute approximate surface area is 147 Å². The number of aromatic nitrogens is 4. The molecule has 0 saturated carbocycles. The fourth-order valence-electron chi connectivity index (χ4n) is 2.26. The molecule has 0 aliphatic rings. The van der Waals surface area contributed by atoms with Crippen molar-refractivity contribution in [3.05, 3.63) is 56.8 Å². The van der Waals surface area contributed by atoms with Crippen molar-refractivity contribution in [2.75, 3.05) is 0 Å². The molecule has 0 atom stereocenters. The lowest BCUT2D eigenvalue weighted by Gasteiger charge is -2.03. The SMILES string of the molecule is CCc1c(C)nc(SCc2nc(-c3cccc(Cl)c3)no2)[nH]c1=O. The second kappa shape index (κ2) is 7.19. The van der Waals surface area contributed by atoms with Gasteiger partial charge < -0.3 is 9.51 Å². The fraction of sp³-hybridized carbons (Fsp3) is 0.250. The van der Waals surface area contributed by atoms with Gasteiger partial charge in [0, 0.05) is 21.8 Å². The van der Waals surface area contributed by atoms with Crippen molar-refractivity contribution in [1.29, 1.82) is 0 Å². The molecule has 0 aliphatic heterocycles. The fourth-order valence-corrected chi connectivity index (χ4v) is 3.19. The van der Waals surface area contributed by atoms with Gasteiger partial charge in [-0.3, -0.25) is 4.79 Å². The minimum Gasteiger partial charge on any atom is -0.338 e. The molecule has 0 fully saturated rings. The van der Waals surface area contributed by atoms with Gasteiger partial charge in [-0.05, 0) is 25.5 Å². The Morgan fingerprint density at radius 3 is 2.88 bits per heavy atom. The van der Waals surface area contributed by atoms with E-state index in [0.29, 0.717) is 39.6 Å². The van der Waals surface area contributed by atoms with Crippen molar-refractivity contribution < 1.29 is 4.52 Å². The van der Waals surface area contributed by atoms with Gasteiger partial charge in [0.25, 0.3) is 5.56 Å². The summed E-state index contributed by atoms with van der Waals surface area (Å²) in [5, 5.41) is 5.10. The molecule has 124 valence electrons. The van der Waals surface area contributed by atoms with E-state index in [2.05, 4.69) is 20.1 Å². The quantitative estimate of drug-likeness (QED) is 0.551. The van der Waals surface area contributed by atoms with E-state index in [1.165, 1.54) is 11.8 Å². The molecular formula is C16H15ClN4O2S. The highest BCUT2D eigenvalue weighted by Gasteiger charge is 2.11. The number of rotatable bonds is 5. The van der Waals surface area contributed by atoms with Gasteiger partial charge in [0.1, 0.15) is 0 Å². The summed E-state index contributed by atoms with van der Waals surface area (Å²) in [5.41, 5.74) is 2.14. The first kappa shape index (κ1) is 16.7. The lowest BCUT2D eigenvalue weighted by Crippen LogP contribution is -2.16. The molecule has 2 heterocycles. The third-order valence-corrected chi connectivity index (χ3v) is 4.53. The van der Waals surface area contributed by atoms with Gasteiger partial charge in [0.15, 0.2) is 5.16 Å². The lowest BCUT2D eigenvalue weighted by molar-refractivity contribution is 0.391. The van der Waals surface area contributed by atoms with Gasteiger partial charge in [-0.25, -0.2) is 4.98 Å². The van der Waals surface area contributed by atoms with E-state index in [0.717, 1.165) is 11.3 Å². The molecule has 8 heteroatoms. The minimum absolute atomic E-state index is 0.0994. The van der Waals surface area contributed by atoms with Crippen molar-refractivity contribution in [3.63, 3.8) is 0 Å². The average Bonchev–Trinajstić information content (AvgIpc) is 3.02. The van der Waals surface area contributed by atoms with Crippen molar-refractivity contribution in [2.45, 2.75) is 31.2 Å². The van der Waals surface area contributed by atoms with Crippen molar-refractivity contribution in [2.24, 2.45) is 0 Å². The number of benzene rings is 1. The highest BCUT2D eigenvalue weighted by Crippen LogP contribution is 2.23. The number of H-pyrrole nitrogens is 1. The average molecular weight is 363 g/mol. The van der Waals surface area contributed by atoms with Crippen LogP contribution < -0.4 is 5.56 Å². The number of aromatic amines is 1. The van der Waals surface area contributed by atoms with Crippen molar-refractivity contribution in [3.8, 4) is 11.4 Å². The van der Waals surface area contributed by atoms with E-state index in [-0.39, 0.29) is 5.56 Å². The van der Waals surface area contributed by atoms with Gasteiger partial charge in [-0.2, -0.15) is 4.98 Å². The highest BCUT2D eigenvalue weighted by molar-refractivity contribution is 7.98. The zero-order valence-corrected chi connectivity index (χ0v) is 14.7. The predicted molar refractivity (Wildman–Crippen MR) is 93.3 cm³/mol. The van der Waals surface area contributed by atoms with Gasteiger partial charge in [0.05, 0.1) is 5.75 Å². The Bertz CT molecular complexity index is 922. The molecular weight excluding hydrogens is 348 g/mol. The molecule has 0 aliphatic carbocycles. The molecule has 0 unspecified atom stereocenters.